The first-order chi connectivity index (χ1) is 5.38. The molecule has 2 rings (SSSR count). The minimum atomic E-state index is 0.549. The summed E-state index contributed by atoms with van der Waals surface area (Å²) in [6.45, 7) is 3.49. The summed E-state index contributed by atoms with van der Waals surface area (Å²) in [5.74, 6) is 0. The molecule has 2 saturated heterocycles. The first kappa shape index (κ1) is 8.02. The lowest BCUT2D eigenvalue weighted by atomic mass is 10.2. The van der Waals surface area contributed by atoms with E-state index in [4.69, 9.17) is 4.74 Å². The van der Waals surface area contributed by atoms with Crippen LogP contribution in [0, 0.1) is 0 Å². The zero-order valence-corrected chi connectivity index (χ0v) is 8.22. The Hall–Kier alpha value is 0.400. The van der Waals surface area contributed by atoms with Crippen LogP contribution >= 0.6 is 15.9 Å². The average Bonchev–Trinajstić information content (AvgIpc) is 2.32. The normalized spacial score (nSPS) is 37.9. The molecule has 64 valence electrons. The Kier molecular flexibility index (Phi) is 2.49. The molecule has 0 amide bonds. The summed E-state index contributed by atoms with van der Waals surface area (Å²) >= 11 is 3.46. The van der Waals surface area contributed by atoms with Crippen molar-refractivity contribution in [2.45, 2.75) is 25.0 Å². The van der Waals surface area contributed by atoms with Gasteiger partial charge in [0, 0.05) is 25.0 Å². The molecule has 2 aliphatic heterocycles. The molecule has 0 saturated carbocycles. The van der Waals surface area contributed by atoms with Gasteiger partial charge in [-0.05, 0) is 12.8 Å². The summed E-state index contributed by atoms with van der Waals surface area (Å²) in [6, 6.07) is 0. The van der Waals surface area contributed by atoms with Crippen LogP contribution in [0.3, 0.4) is 0 Å². The van der Waals surface area contributed by atoms with E-state index in [0.717, 1.165) is 18.4 Å². The largest absolute Gasteiger partial charge is 0.372 e. The number of rotatable bonds is 2. The highest BCUT2D eigenvalue weighted by Gasteiger charge is 2.32. The third-order valence-electron chi connectivity index (χ3n) is 2.52. The Labute approximate surface area is 76.0 Å². The zero-order chi connectivity index (χ0) is 7.68. The Morgan fingerprint density at radius 3 is 2.45 bits per heavy atom. The second-order valence-corrected chi connectivity index (χ2v) is 4.20. The molecule has 2 heterocycles. The summed E-state index contributed by atoms with van der Waals surface area (Å²) in [5.41, 5.74) is 0. The van der Waals surface area contributed by atoms with Crippen LogP contribution in [0.4, 0.5) is 0 Å². The molecule has 3 heteroatoms. The summed E-state index contributed by atoms with van der Waals surface area (Å²) in [6.07, 6.45) is 3.66. The highest BCUT2D eigenvalue weighted by atomic mass is 79.9. The molecule has 0 aromatic heterocycles. The molecule has 0 spiro atoms. The fourth-order valence-corrected chi connectivity index (χ4v) is 2.50. The number of hydrogen-bond donors (Lipinski definition) is 0. The molecule has 2 nitrogen and oxygen atoms in total. The van der Waals surface area contributed by atoms with Gasteiger partial charge in [-0.3, -0.25) is 4.90 Å². The maximum atomic E-state index is 5.72. The van der Waals surface area contributed by atoms with Crippen molar-refractivity contribution in [2.24, 2.45) is 0 Å². The van der Waals surface area contributed by atoms with Crippen LogP contribution in [0.1, 0.15) is 12.8 Å². The number of nitrogens with zero attached hydrogens (tertiary/aromatic N) is 1. The molecule has 2 bridgehead atoms. The third kappa shape index (κ3) is 1.76. The van der Waals surface area contributed by atoms with Crippen LogP contribution in [0.5, 0.6) is 0 Å². The maximum absolute atomic E-state index is 5.72. The lowest BCUT2D eigenvalue weighted by molar-refractivity contribution is -0.0359. The van der Waals surface area contributed by atoms with Gasteiger partial charge in [0.05, 0.1) is 12.2 Å². The minimum Gasteiger partial charge on any atom is -0.372 e. The van der Waals surface area contributed by atoms with Gasteiger partial charge in [0.25, 0.3) is 0 Å². The van der Waals surface area contributed by atoms with Gasteiger partial charge in [-0.25, -0.2) is 0 Å². The van der Waals surface area contributed by atoms with Crippen molar-refractivity contribution in [2.75, 3.05) is 25.0 Å². The van der Waals surface area contributed by atoms with E-state index in [-0.39, 0.29) is 0 Å². The lowest BCUT2D eigenvalue weighted by Crippen LogP contribution is -2.43. The quantitative estimate of drug-likeness (QED) is 0.649. The number of morpholine rings is 1. The fourth-order valence-electron chi connectivity index (χ4n) is 2.00. The molecular formula is C8H14BrNO. The molecule has 2 fully saturated rings. The third-order valence-corrected chi connectivity index (χ3v) is 2.87. The summed E-state index contributed by atoms with van der Waals surface area (Å²) < 4.78 is 5.72. The number of ether oxygens (including phenoxy) is 1. The van der Waals surface area contributed by atoms with Crippen molar-refractivity contribution in [3.8, 4) is 0 Å². The van der Waals surface area contributed by atoms with E-state index in [0.29, 0.717) is 12.2 Å². The number of fused-ring (bicyclic) bond motifs is 2. The molecular weight excluding hydrogens is 206 g/mol. The van der Waals surface area contributed by atoms with Gasteiger partial charge in [0.15, 0.2) is 0 Å². The topological polar surface area (TPSA) is 12.5 Å². The van der Waals surface area contributed by atoms with Crippen molar-refractivity contribution in [1.29, 1.82) is 0 Å². The van der Waals surface area contributed by atoms with Gasteiger partial charge in [-0.2, -0.15) is 0 Å². The second kappa shape index (κ2) is 3.42. The standard InChI is InChI=1S/C8H14BrNO/c9-3-4-10-5-7-1-2-8(6-10)11-7/h7-8H,1-6H2. The maximum Gasteiger partial charge on any atom is 0.0707 e. The number of likely N-dealkylation sites (tertiary alicyclic amines) is 1. The number of halogens is 1. The van der Waals surface area contributed by atoms with Gasteiger partial charge in [0.2, 0.25) is 0 Å². The van der Waals surface area contributed by atoms with Crippen molar-refractivity contribution in [3.05, 3.63) is 0 Å². The Morgan fingerprint density at radius 1 is 1.27 bits per heavy atom. The molecule has 2 aliphatic rings. The van der Waals surface area contributed by atoms with Gasteiger partial charge in [0.1, 0.15) is 0 Å². The minimum absolute atomic E-state index is 0.549. The van der Waals surface area contributed by atoms with Crippen LogP contribution in [-0.4, -0.2) is 42.1 Å². The van der Waals surface area contributed by atoms with E-state index in [1.165, 1.54) is 19.4 Å². The summed E-state index contributed by atoms with van der Waals surface area (Å²) in [5, 5.41) is 1.09. The van der Waals surface area contributed by atoms with Crippen LogP contribution < -0.4 is 0 Å². The van der Waals surface area contributed by atoms with Gasteiger partial charge in [-0.1, -0.05) is 15.9 Å². The van der Waals surface area contributed by atoms with Gasteiger partial charge in [-0.15, -0.1) is 0 Å². The van der Waals surface area contributed by atoms with E-state index >= 15 is 0 Å². The van der Waals surface area contributed by atoms with Crippen LogP contribution in [0.2, 0.25) is 0 Å². The van der Waals surface area contributed by atoms with E-state index in [2.05, 4.69) is 20.8 Å². The molecule has 2 unspecified atom stereocenters. The first-order valence-corrected chi connectivity index (χ1v) is 5.44. The van der Waals surface area contributed by atoms with E-state index in [1.54, 1.807) is 0 Å². The van der Waals surface area contributed by atoms with Crippen molar-refractivity contribution < 1.29 is 4.74 Å². The highest BCUT2D eigenvalue weighted by Crippen LogP contribution is 2.25. The Balaban J connectivity index is 1.87. The molecule has 0 N–H and O–H groups in total. The van der Waals surface area contributed by atoms with Crippen LogP contribution in [0.25, 0.3) is 0 Å². The highest BCUT2D eigenvalue weighted by molar-refractivity contribution is 9.09. The number of hydrogen-bond acceptors (Lipinski definition) is 2. The van der Waals surface area contributed by atoms with Gasteiger partial charge < -0.3 is 4.74 Å². The Morgan fingerprint density at radius 2 is 1.91 bits per heavy atom. The second-order valence-electron chi connectivity index (χ2n) is 3.41. The van der Waals surface area contributed by atoms with Crippen molar-refractivity contribution >= 4 is 15.9 Å². The summed E-state index contributed by atoms with van der Waals surface area (Å²) in [4.78, 5) is 2.50. The molecule has 11 heavy (non-hydrogen) atoms. The van der Waals surface area contributed by atoms with Crippen LogP contribution in [-0.2, 0) is 4.74 Å². The molecule has 2 atom stereocenters. The predicted octanol–water partition coefficient (Wildman–Crippen LogP) is 1.24. The van der Waals surface area contributed by atoms with Crippen LogP contribution in [0.15, 0.2) is 0 Å². The molecule has 0 aliphatic carbocycles. The molecule has 0 radical (unpaired) electrons. The number of alkyl halides is 1. The summed E-state index contributed by atoms with van der Waals surface area (Å²) in [7, 11) is 0. The van der Waals surface area contributed by atoms with Crippen molar-refractivity contribution in [3.63, 3.8) is 0 Å². The SMILES string of the molecule is BrCCN1CC2CCC(C1)O2. The smallest absolute Gasteiger partial charge is 0.0707 e. The van der Waals surface area contributed by atoms with E-state index in [1.807, 2.05) is 0 Å². The van der Waals surface area contributed by atoms with Crippen molar-refractivity contribution in [1.82, 2.24) is 4.90 Å². The fraction of sp³-hybridized carbons (Fsp3) is 1.00. The van der Waals surface area contributed by atoms with Gasteiger partial charge >= 0.3 is 0 Å². The average molecular weight is 220 g/mol. The zero-order valence-electron chi connectivity index (χ0n) is 6.63. The molecule has 0 aromatic carbocycles. The van der Waals surface area contributed by atoms with E-state index in [9.17, 15) is 0 Å². The lowest BCUT2D eigenvalue weighted by Gasteiger charge is -2.31. The predicted molar refractivity (Wildman–Crippen MR) is 48.1 cm³/mol. The Bertz CT molecular complexity index is 130. The molecule has 0 aromatic rings. The first-order valence-electron chi connectivity index (χ1n) is 4.32. The monoisotopic (exact) mass is 219 g/mol. The van der Waals surface area contributed by atoms with E-state index < -0.39 is 0 Å².